The van der Waals surface area contributed by atoms with Crippen LogP contribution >= 0.6 is 0 Å². The molecule has 0 amide bonds. The van der Waals surface area contributed by atoms with Gasteiger partial charge in [-0.05, 0) is 36.2 Å². The minimum absolute atomic E-state index is 0.0415. The predicted molar refractivity (Wildman–Crippen MR) is 133 cm³/mol. The number of pyridine rings is 1. The van der Waals surface area contributed by atoms with Crippen molar-refractivity contribution in [2.75, 3.05) is 13.1 Å². The normalized spacial score (nSPS) is 13.8. The lowest BCUT2D eigenvalue weighted by Crippen LogP contribution is -2.30. The second-order valence-electron chi connectivity index (χ2n) is 8.29. The standard InChI is InChI=1S/C26H23N7/c27-25(28)19-8-11-33-15-23(32-24(33)14-19)17-4-2-16(3-5-17)21-12-18-6-7-20(13-22(18)31-21)26-29-9-1-10-30-26/h2-8,11-15,31H,1,9-10H2,(H3,27,28)(H,29,30). The van der Waals surface area contributed by atoms with E-state index in [1.165, 1.54) is 5.39 Å². The Morgan fingerprint density at radius 1 is 0.970 bits per heavy atom. The van der Waals surface area contributed by atoms with E-state index in [4.69, 9.17) is 16.1 Å². The number of nitrogens with one attached hydrogen (secondary N) is 3. The van der Waals surface area contributed by atoms with Crippen molar-refractivity contribution in [2.45, 2.75) is 6.42 Å². The van der Waals surface area contributed by atoms with Crippen molar-refractivity contribution in [1.82, 2.24) is 19.7 Å². The first-order chi connectivity index (χ1) is 16.1. The molecule has 0 saturated carbocycles. The SMILES string of the molecule is N=C(N)c1ccn2cc(-c3ccc(-c4cc5ccc(C6=NCCCN6)cc5[nH]4)cc3)nc2c1. The Balaban J connectivity index is 1.30. The molecule has 0 fully saturated rings. The molecule has 1 aliphatic rings. The van der Waals surface area contributed by atoms with E-state index in [-0.39, 0.29) is 5.84 Å². The average molecular weight is 434 g/mol. The lowest BCUT2D eigenvalue weighted by Gasteiger charge is -2.14. The maximum absolute atomic E-state index is 7.62. The zero-order chi connectivity index (χ0) is 22.4. The number of aromatic nitrogens is 3. The molecule has 0 radical (unpaired) electrons. The first kappa shape index (κ1) is 19.3. The molecule has 4 heterocycles. The summed E-state index contributed by atoms with van der Waals surface area (Å²) in [7, 11) is 0. The summed E-state index contributed by atoms with van der Waals surface area (Å²) < 4.78 is 1.94. The van der Waals surface area contributed by atoms with E-state index in [2.05, 4.69) is 63.8 Å². The van der Waals surface area contributed by atoms with Crippen molar-refractivity contribution in [3.8, 4) is 22.5 Å². The molecule has 6 rings (SSSR count). The fourth-order valence-corrected chi connectivity index (χ4v) is 4.26. The van der Waals surface area contributed by atoms with Crippen molar-refractivity contribution in [2.24, 2.45) is 10.7 Å². The van der Waals surface area contributed by atoms with Gasteiger partial charge in [0.25, 0.3) is 0 Å². The molecule has 0 bridgehead atoms. The minimum Gasteiger partial charge on any atom is -0.384 e. The topological polar surface area (TPSA) is 107 Å². The molecule has 3 aromatic heterocycles. The number of fused-ring (bicyclic) bond motifs is 2. The van der Waals surface area contributed by atoms with Gasteiger partial charge in [0.15, 0.2) is 0 Å². The number of nitrogen functional groups attached to an aromatic ring is 1. The molecule has 33 heavy (non-hydrogen) atoms. The molecule has 0 aliphatic carbocycles. The Morgan fingerprint density at radius 3 is 2.58 bits per heavy atom. The third kappa shape index (κ3) is 3.53. The fourth-order valence-electron chi connectivity index (χ4n) is 4.26. The van der Waals surface area contributed by atoms with Gasteiger partial charge in [-0.2, -0.15) is 0 Å². The number of H-pyrrole nitrogens is 1. The van der Waals surface area contributed by atoms with Crippen molar-refractivity contribution in [3.05, 3.63) is 84.2 Å². The monoisotopic (exact) mass is 433 g/mol. The summed E-state index contributed by atoms with van der Waals surface area (Å²) in [6, 6.07) is 20.6. The number of hydrogen-bond acceptors (Lipinski definition) is 4. The van der Waals surface area contributed by atoms with Gasteiger partial charge in [0, 0.05) is 58.8 Å². The summed E-state index contributed by atoms with van der Waals surface area (Å²) in [5.41, 5.74) is 13.4. The zero-order valence-corrected chi connectivity index (χ0v) is 18.0. The second kappa shape index (κ2) is 7.63. The maximum atomic E-state index is 7.62. The molecular weight excluding hydrogens is 410 g/mol. The van der Waals surface area contributed by atoms with Gasteiger partial charge in [-0.15, -0.1) is 0 Å². The third-order valence-electron chi connectivity index (χ3n) is 6.06. The van der Waals surface area contributed by atoms with Gasteiger partial charge in [-0.25, -0.2) is 4.98 Å². The third-order valence-corrected chi connectivity index (χ3v) is 6.06. The van der Waals surface area contributed by atoms with Gasteiger partial charge in [-0.1, -0.05) is 36.4 Å². The Bertz CT molecular complexity index is 1540. The van der Waals surface area contributed by atoms with E-state index in [1.54, 1.807) is 0 Å². The molecule has 0 spiro atoms. The van der Waals surface area contributed by atoms with E-state index < -0.39 is 0 Å². The van der Waals surface area contributed by atoms with Crippen LogP contribution in [0, 0.1) is 5.41 Å². The van der Waals surface area contributed by atoms with Crippen LogP contribution in [0.15, 0.2) is 78.0 Å². The number of aromatic amines is 1. The summed E-state index contributed by atoms with van der Waals surface area (Å²) >= 11 is 0. The van der Waals surface area contributed by atoms with Crippen molar-refractivity contribution >= 4 is 28.2 Å². The van der Waals surface area contributed by atoms with E-state index in [1.807, 2.05) is 28.9 Å². The number of nitrogens with two attached hydrogens (primary N) is 1. The minimum atomic E-state index is 0.0415. The number of hydrogen-bond donors (Lipinski definition) is 4. The van der Waals surface area contributed by atoms with Crippen LogP contribution in [-0.2, 0) is 0 Å². The van der Waals surface area contributed by atoms with E-state index in [9.17, 15) is 0 Å². The molecule has 5 N–H and O–H groups in total. The molecular formula is C26H23N7. The molecule has 1 aliphatic heterocycles. The lowest BCUT2D eigenvalue weighted by atomic mass is 10.1. The number of amidine groups is 2. The fraction of sp³-hybridized carbons (Fsp3) is 0.115. The Kier molecular flexibility index (Phi) is 4.47. The van der Waals surface area contributed by atoms with Gasteiger partial charge >= 0.3 is 0 Å². The van der Waals surface area contributed by atoms with Gasteiger partial charge < -0.3 is 20.4 Å². The summed E-state index contributed by atoms with van der Waals surface area (Å²) in [6.07, 6.45) is 4.95. The van der Waals surface area contributed by atoms with Crippen LogP contribution in [0.4, 0.5) is 0 Å². The lowest BCUT2D eigenvalue weighted by molar-refractivity contribution is 0.742. The highest BCUT2D eigenvalue weighted by atomic mass is 15.0. The van der Waals surface area contributed by atoms with Crippen LogP contribution in [-0.4, -0.2) is 39.1 Å². The number of benzene rings is 2. The number of aliphatic imine (C=N–C) groups is 1. The number of nitrogens with zero attached hydrogens (tertiary/aromatic N) is 3. The molecule has 5 aromatic rings. The Hall–Kier alpha value is -4.39. The highest BCUT2D eigenvalue weighted by Crippen LogP contribution is 2.28. The highest BCUT2D eigenvalue weighted by Gasteiger charge is 2.11. The summed E-state index contributed by atoms with van der Waals surface area (Å²) in [5, 5.41) is 12.2. The van der Waals surface area contributed by atoms with Gasteiger partial charge in [0.1, 0.15) is 17.3 Å². The summed E-state index contributed by atoms with van der Waals surface area (Å²) in [6.45, 7) is 1.86. The molecule has 0 unspecified atom stereocenters. The number of imidazole rings is 1. The smallest absolute Gasteiger partial charge is 0.138 e. The molecule has 7 nitrogen and oxygen atoms in total. The van der Waals surface area contributed by atoms with Crippen molar-refractivity contribution in [1.29, 1.82) is 5.41 Å². The molecule has 0 atom stereocenters. The van der Waals surface area contributed by atoms with Gasteiger partial charge in [0.05, 0.1) is 5.69 Å². The van der Waals surface area contributed by atoms with Gasteiger partial charge in [0.2, 0.25) is 0 Å². The van der Waals surface area contributed by atoms with Crippen LogP contribution < -0.4 is 11.1 Å². The Morgan fingerprint density at radius 2 is 1.79 bits per heavy atom. The van der Waals surface area contributed by atoms with Crippen LogP contribution in [0.1, 0.15) is 17.5 Å². The highest BCUT2D eigenvalue weighted by molar-refractivity contribution is 6.02. The van der Waals surface area contributed by atoms with Gasteiger partial charge in [-0.3, -0.25) is 10.4 Å². The predicted octanol–water partition coefficient (Wildman–Crippen LogP) is 4.17. The van der Waals surface area contributed by atoms with Crippen LogP contribution in [0.2, 0.25) is 0 Å². The number of rotatable bonds is 4. The molecule has 2 aromatic carbocycles. The van der Waals surface area contributed by atoms with E-state index in [0.29, 0.717) is 5.56 Å². The van der Waals surface area contributed by atoms with Crippen LogP contribution in [0.5, 0.6) is 0 Å². The maximum Gasteiger partial charge on any atom is 0.138 e. The van der Waals surface area contributed by atoms with Crippen LogP contribution in [0.25, 0.3) is 39.1 Å². The largest absolute Gasteiger partial charge is 0.384 e. The van der Waals surface area contributed by atoms with Crippen LogP contribution in [0.3, 0.4) is 0 Å². The first-order valence-corrected chi connectivity index (χ1v) is 11.0. The first-order valence-electron chi connectivity index (χ1n) is 11.0. The Labute approximate surface area is 190 Å². The summed E-state index contributed by atoms with van der Waals surface area (Å²) in [4.78, 5) is 12.9. The molecule has 0 saturated heterocycles. The average Bonchev–Trinajstić information content (AvgIpc) is 3.48. The zero-order valence-electron chi connectivity index (χ0n) is 18.0. The van der Waals surface area contributed by atoms with E-state index >= 15 is 0 Å². The van der Waals surface area contributed by atoms with E-state index in [0.717, 1.165) is 64.6 Å². The van der Waals surface area contributed by atoms with Crippen molar-refractivity contribution < 1.29 is 0 Å². The molecule has 162 valence electrons. The summed E-state index contributed by atoms with van der Waals surface area (Å²) in [5.74, 6) is 1.02. The quantitative estimate of drug-likeness (QED) is 0.252. The second-order valence-corrected chi connectivity index (χ2v) is 8.29. The molecule has 7 heteroatoms. The van der Waals surface area contributed by atoms with Crippen molar-refractivity contribution in [3.63, 3.8) is 0 Å².